The van der Waals surface area contributed by atoms with Crippen LogP contribution < -0.4 is 5.32 Å². The third kappa shape index (κ3) is 7.41. The van der Waals surface area contributed by atoms with Crippen molar-refractivity contribution >= 4 is 15.9 Å². The van der Waals surface area contributed by atoms with Crippen molar-refractivity contribution in [1.29, 1.82) is 0 Å². The van der Waals surface area contributed by atoms with Gasteiger partial charge in [0.1, 0.15) is 0 Å². The minimum absolute atomic E-state index is 0.145. The van der Waals surface area contributed by atoms with E-state index < -0.39 is 0 Å². The zero-order valence-corrected chi connectivity index (χ0v) is 14.6. The third-order valence-corrected chi connectivity index (χ3v) is 3.72. The lowest BCUT2D eigenvalue weighted by molar-refractivity contribution is 0.0488. The van der Waals surface area contributed by atoms with Crippen molar-refractivity contribution in [3.8, 4) is 0 Å². The predicted octanol–water partition coefficient (Wildman–Crippen LogP) is 4.94. The van der Waals surface area contributed by atoms with Gasteiger partial charge in [-0.05, 0) is 49.4 Å². The highest BCUT2D eigenvalue weighted by Gasteiger charge is 2.12. The number of halogens is 1. The lowest BCUT2D eigenvalue weighted by Gasteiger charge is -2.19. The van der Waals surface area contributed by atoms with Crippen LogP contribution in [0.25, 0.3) is 0 Å². The molecule has 0 radical (unpaired) electrons. The molecule has 0 saturated carbocycles. The van der Waals surface area contributed by atoms with Crippen LogP contribution in [-0.4, -0.2) is 19.7 Å². The standard InChI is InChI=1S/C17H28BrNO/c1-4-10-19-13-17(20-11-6-7-14(2)3)15-8-5-9-16(18)12-15/h5,8-9,12,14,17,19H,4,6-7,10-11,13H2,1-3H3. The molecular formula is C17H28BrNO. The molecule has 0 heterocycles. The summed E-state index contributed by atoms with van der Waals surface area (Å²) in [5.74, 6) is 0.751. The summed E-state index contributed by atoms with van der Waals surface area (Å²) in [5.41, 5.74) is 1.24. The fourth-order valence-electron chi connectivity index (χ4n) is 2.11. The molecule has 0 aromatic heterocycles. The topological polar surface area (TPSA) is 21.3 Å². The van der Waals surface area contributed by atoms with Crippen LogP contribution in [0.3, 0.4) is 0 Å². The Morgan fingerprint density at radius 3 is 2.75 bits per heavy atom. The molecule has 1 atom stereocenters. The van der Waals surface area contributed by atoms with E-state index in [0.717, 1.165) is 42.9 Å². The van der Waals surface area contributed by atoms with E-state index in [-0.39, 0.29) is 6.10 Å². The smallest absolute Gasteiger partial charge is 0.0949 e. The van der Waals surface area contributed by atoms with Crippen LogP contribution >= 0.6 is 15.9 Å². The highest BCUT2D eigenvalue weighted by Crippen LogP contribution is 2.21. The molecule has 1 N–H and O–H groups in total. The average molecular weight is 342 g/mol. The van der Waals surface area contributed by atoms with Gasteiger partial charge in [0.05, 0.1) is 6.10 Å². The molecule has 114 valence electrons. The summed E-state index contributed by atoms with van der Waals surface area (Å²) in [6.45, 7) is 9.46. The molecule has 0 spiro atoms. The Kier molecular flexibility index (Phi) is 9.16. The first-order valence-electron chi connectivity index (χ1n) is 7.71. The van der Waals surface area contributed by atoms with E-state index in [9.17, 15) is 0 Å². The zero-order chi connectivity index (χ0) is 14.8. The number of nitrogens with one attached hydrogen (secondary N) is 1. The SMILES string of the molecule is CCCNCC(OCCCC(C)C)c1cccc(Br)c1. The molecule has 2 nitrogen and oxygen atoms in total. The van der Waals surface area contributed by atoms with Gasteiger partial charge in [0.25, 0.3) is 0 Å². The second kappa shape index (κ2) is 10.4. The predicted molar refractivity (Wildman–Crippen MR) is 90.1 cm³/mol. The first-order chi connectivity index (χ1) is 9.63. The second-order valence-electron chi connectivity index (χ2n) is 5.65. The van der Waals surface area contributed by atoms with E-state index in [1.165, 1.54) is 12.0 Å². The van der Waals surface area contributed by atoms with Gasteiger partial charge in [0.15, 0.2) is 0 Å². The van der Waals surface area contributed by atoms with Gasteiger partial charge in [-0.1, -0.05) is 48.8 Å². The van der Waals surface area contributed by atoms with Crippen LogP contribution in [0.1, 0.15) is 51.7 Å². The monoisotopic (exact) mass is 341 g/mol. The van der Waals surface area contributed by atoms with Crippen LogP contribution in [-0.2, 0) is 4.74 Å². The maximum atomic E-state index is 6.10. The Morgan fingerprint density at radius 2 is 2.10 bits per heavy atom. The van der Waals surface area contributed by atoms with E-state index in [1.54, 1.807) is 0 Å². The molecule has 0 bridgehead atoms. The van der Waals surface area contributed by atoms with E-state index in [4.69, 9.17) is 4.74 Å². The Labute approximate surface area is 132 Å². The van der Waals surface area contributed by atoms with Gasteiger partial charge in [-0.25, -0.2) is 0 Å². The van der Waals surface area contributed by atoms with Crippen molar-refractivity contribution in [2.24, 2.45) is 5.92 Å². The van der Waals surface area contributed by atoms with E-state index in [0.29, 0.717) is 0 Å². The number of benzene rings is 1. The Balaban J connectivity index is 2.51. The van der Waals surface area contributed by atoms with Gasteiger partial charge in [-0.15, -0.1) is 0 Å². The van der Waals surface area contributed by atoms with Crippen molar-refractivity contribution < 1.29 is 4.74 Å². The van der Waals surface area contributed by atoms with Crippen molar-refractivity contribution in [2.45, 2.75) is 46.1 Å². The van der Waals surface area contributed by atoms with Gasteiger partial charge < -0.3 is 10.1 Å². The van der Waals surface area contributed by atoms with E-state index in [1.807, 2.05) is 0 Å². The second-order valence-corrected chi connectivity index (χ2v) is 6.57. The van der Waals surface area contributed by atoms with Gasteiger partial charge in [0.2, 0.25) is 0 Å². The third-order valence-electron chi connectivity index (χ3n) is 3.22. The summed E-state index contributed by atoms with van der Waals surface area (Å²) in [4.78, 5) is 0. The quantitative estimate of drug-likeness (QED) is 0.608. The van der Waals surface area contributed by atoms with Crippen molar-refractivity contribution in [1.82, 2.24) is 5.32 Å². The molecular weight excluding hydrogens is 314 g/mol. The largest absolute Gasteiger partial charge is 0.372 e. The maximum Gasteiger partial charge on any atom is 0.0949 e. The van der Waals surface area contributed by atoms with E-state index >= 15 is 0 Å². The first kappa shape index (κ1) is 17.7. The first-order valence-corrected chi connectivity index (χ1v) is 8.50. The van der Waals surface area contributed by atoms with Crippen molar-refractivity contribution in [3.63, 3.8) is 0 Å². The van der Waals surface area contributed by atoms with E-state index in [2.05, 4.69) is 66.3 Å². The number of rotatable bonds is 10. The Hall–Kier alpha value is -0.380. The van der Waals surface area contributed by atoms with Gasteiger partial charge in [-0.3, -0.25) is 0 Å². The molecule has 0 fully saturated rings. The van der Waals surface area contributed by atoms with Crippen LogP contribution in [0, 0.1) is 5.92 Å². The summed E-state index contributed by atoms with van der Waals surface area (Å²) < 4.78 is 7.21. The molecule has 0 amide bonds. The van der Waals surface area contributed by atoms with Gasteiger partial charge in [-0.2, -0.15) is 0 Å². The zero-order valence-electron chi connectivity index (χ0n) is 13.0. The minimum Gasteiger partial charge on any atom is -0.372 e. The molecule has 1 aromatic rings. The van der Waals surface area contributed by atoms with Gasteiger partial charge >= 0.3 is 0 Å². The summed E-state index contributed by atoms with van der Waals surface area (Å²) in [7, 11) is 0. The molecule has 20 heavy (non-hydrogen) atoms. The molecule has 1 aromatic carbocycles. The maximum absolute atomic E-state index is 6.10. The summed E-state index contributed by atoms with van der Waals surface area (Å²) >= 11 is 3.54. The summed E-state index contributed by atoms with van der Waals surface area (Å²) in [6, 6.07) is 8.43. The normalized spacial score (nSPS) is 12.8. The molecule has 1 unspecified atom stereocenters. The van der Waals surface area contributed by atoms with Crippen LogP contribution in [0.4, 0.5) is 0 Å². The van der Waals surface area contributed by atoms with Crippen molar-refractivity contribution in [3.05, 3.63) is 34.3 Å². The van der Waals surface area contributed by atoms with Gasteiger partial charge in [0, 0.05) is 17.6 Å². The fourth-order valence-corrected chi connectivity index (χ4v) is 2.52. The molecule has 0 saturated heterocycles. The molecule has 1 rings (SSSR count). The summed E-state index contributed by atoms with van der Waals surface area (Å²) in [5, 5.41) is 3.46. The van der Waals surface area contributed by atoms with Crippen molar-refractivity contribution in [2.75, 3.05) is 19.7 Å². The lowest BCUT2D eigenvalue weighted by Crippen LogP contribution is -2.24. The van der Waals surface area contributed by atoms with Crippen LogP contribution in [0.15, 0.2) is 28.7 Å². The highest BCUT2D eigenvalue weighted by atomic mass is 79.9. The highest BCUT2D eigenvalue weighted by molar-refractivity contribution is 9.10. The van der Waals surface area contributed by atoms with Crippen LogP contribution in [0.2, 0.25) is 0 Å². The molecule has 0 aliphatic carbocycles. The fraction of sp³-hybridized carbons (Fsp3) is 0.647. The van der Waals surface area contributed by atoms with Crippen LogP contribution in [0.5, 0.6) is 0 Å². The molecule has 0 aliphatic rings. The molecule has 0 aliphatic heterocycles. The lowest BCUT2D eigenvalue weighted by atomic mass is 10.1. The average Bonchev–Trinajstić information content (AvgIpc) is 2.41. The number of hydrogen-bond acceptors (Lipinski definition) is 2. The minimum atomic E-state index is 0.145. The summed E-state index contributed by atoms with van der Waals surface area (Å²) in [6.07, 6.45) is 3.66. The Morgan fingerprint density at radius 1 is 1.30 bits per heavy atom. The molecule has 3 heteroatoms. The number of hydrogen-bond donors (Lipinski definition) is 1. The Bertz CT molecular complexity index is 368. The number of ether oxygens (including phenoxy) is 1.